The predicted octanol–water partition coefficient (Wildman–Crippen LogP) is 9.78. The van der Waals surface area contributed by atoms with Gasteiger partial charge in [0.15, 0.2) is 0 Å². The average molecular weight is 477 g/mol. The topological polar surface area (TPSA) is 23.0 Å². The highest BCUT2D eigenvalue weighted by Crippen LogP contribution is 2.12. The third-order valence-corrected chi connectivity index (χ3v) is 6.04. The third-order valence-electron chi connectivity index (χ3n) is 5.09. The van der Waals surface area contributed by atoms with Crippen molar-refractivity contribution in [2.75, 3.05) is 0 Å². The molecule has 0 aliphatic heterocycles. The summed E-state index contributed by atoms with van der Waals surface area (Å²) in [6.45, 7) is 14.6. The van der Waals surface area contributed by atoms with Gasteiger partial charge in [-0.05, 0) is 101 Å². The van der Waals surface area contributed by atoms with Crippen LogP contribution in [0.15, 0.2) is 58.8 Å². The van der Waals surface area contributed by atoms with Gasteiger partial charge in [0.2, 0.25) is 0 Å². The molecule has 4 heterocycles. The van der Waals surface area contributed by atoms with Gasteiger partial charge >= 0.3 is 0 Å². The molecule has 0 unspecified atom stereocenters. The number of rotatable bonds is 0. The smallest absolute Gasteiger partial charge is 0.103 e. The van der Waals surface area contributed by atoms with Crippen molar-refractivity contribution in [3.63, 3.8) is 0 Å². The molecule has 0 amide bonds. The Labute approximate surface area is 210 Å². The molecule has 0 spiro atoms. The molecule has 4 aromatic rings. The number of hydrogen-bond donors (Lipinski definition) is 0. The van der Waals surface area contributed by atoms with Crippen molar-refractivity contribution in [3.8, 4) is 0 Å². The fourth-order valence-corrected chi connectivity index (χ4v) is 2.91. The van der Waals surface area contributed by atoms with Crippen LogP contribution in [-0.2, 0) is 14.1 Å². The molecule has 0 bridgehead atoms. The van der Waals surface area contributed by atoms with Crippen molar-refractivity contribution in [3.05, 3.63) is 93.1 Å². The monoisotopic (exact) mass is 476 g/mol. The maximum Gasteiger partial charge on any atom is 0.103 e. The van der Waals surface area contributed by atoms with Crippen LogP contribution in [0.5, 0.6) is 0 Å². The Morgan fingerprint density at radius 3 is 1.39 bits per heavy atom. The van der Waals surface area contributed by atoms with Crippen LogP contribution in [0.25, 0.3) is 0 Å². The summed E-state index contributed by atoms with van der Waals surface area (Å²) in [5.74, 6) is 1.01. The third kappa shape index (κ3) is 13.6. The van der Waals surface area contributed by atoms with E-state index in [-0.39, 0.29) is 29.7 Å². The predicted molar refractivity (Wildman–Crippen MR) is 154 cm³/mol. The Morgan fingerprint density at radius 1 is 0.667 bits per heavy atom. The number of aromatic nitrogens is 2. The van der Waals surface area contributed by atoms with Crippen LogP contribution < -0.4 is 0 Å². The highest BCUT2D eigenvalue weighted by Gasteiger charge is 1.92. The molecule has 0 radical (unpaired) electrons. The molecule has 0 aliphatic rings. The molecule has 0 atom stereocenters. The maximum atomic E-state index is 4.96. The zero-order valence-electron chi connectivity index (χ0n) is 19.4. The summed E-state index contributed by atoms with van der Waals surface area (Å²) in [6, 6.07) is 10.3. The number of aryl methyl sites for hydroxylation is 8. The minimum Gasteiger partial charge on any atom is -0.469 e. The van der Waals surface area contributed by atoms with Gasteiger partial charge in [-0.25, -0.2) is 0 Å². The number of nitrogens with zero attached hydrogens (tertiary/aromatic N) is 2. The van der Waals surface area contributed by atoms with Gasteiger partial charge < -0.3 is 13.6 Å². The van der Waals surface area contributed by atoms with Crippen LogP contribution in [0.2, 0.25) is 0 Å². The standard InChI is InChI=1S/C7H11N.C6H9N.C6H8O.C6H8S.4CH4/c1-6-4-5-8(3)7(6)2;1-6-4-3-5-7(6)2;2*1-5-3-4-7-6(5)2;;;;/h4-5H,1-3H3;3-5H,1-2H3;2*3-4H,1-2H3;4*1H4. The van der Waals surface area contributed by atoms with Crippen LogP contribution in [0.3, 0.4) is 0 Å². The van der Waals surface area contributed by atoms with Crippen molar-refractivity contribution in [1.82, 2.24) is 9.13 Å². The normalized spacial score (nSPS) is 8.39. The lowest BCUT2D eigenvalue weighted by Crippen LogP contribution is -1.87. The summed E-state index contributed by atoms with van der Waals surface area (Å²) in [4.78, 5) is 1.43. The first-order valence-corrected chi connectivity index (χ1v) is 10.7. The summed E-state index contributed by atoms with van der Waals surface area (Å²) in [6.07, 6.45) is 5.81. The van der Waals surface area contributed by atoms with Crippen molar-refractivity contribution < 1.29 is 4.42 Å². The average Bonchev–Trinajstić information content (AvgIpc) is 3.43. The van der Waals surface area contributed by atoms with Gasteiger partial charge in [-0.3, -0.25) is 0 Å². The Morgan fingerprint density at radius 2 is 1.27 bits per heavy atom. The zero-order chi connectivity index (χ0) is 22.0. The van der Waals surface area contributed by atoms with E-state index in [9.17, 15) is 0 Å². The maximum absolute atomic E-state index is 4.96. The van der Waals surface area contributed by atoms with Crippen molar-refractivity contribution in [1.29, 1.82) is 0 Å². The molecule has 0 saturated heterocycles. The first kappa shape index (κ1) is 37.8. The minimum absolute atomic E-state index is 0. The van der Waals surface area contributed by atoms with Crippen molar-refractivity contribution in [2.45, 2.75) is 78.2 Å². The molecule has 0 saturated carbocycles. The molecule has 33 heavy (non-hydrogen) atoms. The number of thiophene rings is 1. The van der Waals surface area contributed by atoms with E-state index in [1.54, 1.807) is 17.6 Å². The van der Waals surface area contributed by atoms with E-state index in [0.717, 1.165) is 5.76 Å². The lowest BCUT2D eigenvalue weighted by atomic mass is 10.3. The van der Waals surface area contributed by atoms with E-state index in [2.05, 4.69) is 80.6 Å². The largest absolute Gasteiger partial charge is 0.469 e. The summed E-state index contributed by atoms with van der Waals surface area (Å²) in [5.41, 5.74) is 6.66. The van der Waals surface area contributed by atoms with E-state index in [0.29, 0.717) is 0 Å². The second kappa shape index (κ2) is 19.0. The van der Waals surface area contributed by atoms with E-state index in [1.165, 1.54) is 33.0 Å². The second-order valence-electron chi connectivity index (χ2n) is 7.28. The molecule has 4 heteroatoms. The van der Waals surface area contributed by atoms with Gasteiger partial charge in [0, 0.05) is 42.8 Å². The van der Waals surface area contributed by atoms with Gasteiger partial charge in [-0.15, -0.1) is 11.3 Å². The molecule has 0 aromatic carbocycles. The first-order valence-electron chi connectivity index (χ1n) is 9.81. The lowest BCUT2D eigenvalue weighted by Gasteiger charge is -1.93. The van der Waals surface area contributed by atoms with Crippen LogP contribution in [0, 0.1) is 48.5 Å². The highest BCUT2D eigenvalue weighted by molar-refractivity contribution is 7.10. The fraction of sp³-hybridized carbons (Fsp3) is 0.448. The summed E-state index contributed by atoms with van der Waals surface area (Å²) in [5, 5.41) is 2.12. The molecule has 0 N–H and O–H groups in total. The first-order chi connectivity index (χ1) is 13.6. The quantitative estimate of drug-likeness (QED) is 0.247. The number of hydrogen-bond acceptors (Lipinski definition) is 2. The fourth-order valence-electron chi connectivity index (χ4n) is 2.18. The van der Waals surface area contributed by atoms with Crippen LogP contribution >= 0.6 is 11.3 Å². The summed E-state index contributed by atoms with van der Waals surface area (Å²) < 4.78 is 9.17. The van der Waals surface area contributed by atoms with Gasteiger partial charge in [0.25, 0.3) is 0 Å². The summed E-state index contributed by atoms with van der Waals surface area (Å²) >= 11 is 1.80. The molecular weight excluding hydrogens is 424 g/mol. The molecule has 4 aromatic heterocycles. The highest BCUT2D eigenvalue weighted by atomic mass is 32.1. The molecule has 0 fully saturated rings. The Balaban J connectivity index is -0.000000164. The number of furan rings is 1. The van der Waals surface area contributed by atoms with E-state index in [4.69, 9.17) is 4.42 Å². The van der Waals surface area contributed by atoms with Gasteiger partial charge in [0.1, 0.15) is 5.76 Å². The van der Waals surface area contributed by atoms with Gasteiger partial charge in [-0.1, -0.05) is 29.7 Å². The summed E-state index contributed by atoms with van der Waals surface area (Å²) in [7, 11) is 4.09. The molecule has 3 nitrogen and oxygen atoms in total. The minimum atomic E-state index is 0. The van der Waals surface area contributed by atoms with Crippen molar-refractivity contribution >= 4 is 11.3 Å². The molecule has 4 rings (SSSR count). The van der Waals surface area contributed by atoms with Crippen LogP contribution in [0.1, 0.15) is 68.4 Å². The van der Waals surface area contributed by atoms with Crippen molar-refractivity contribution in [2.24, 2.45) is 14.1 Å². The lowest BCUT2D eigenvalue weighted by molar-refractivity contribution is 0.532. The van der Waals surface area contributed by atoms with Crippen LogP contribution in [-0.4, -0.2) is 9.13 Å². The molecule has 0 aliphatic carbocycles. The second-order valence-corrected chi connectivity index (χ2v) is 8.40. The Kier molecular flexibility index (Phi) is 21.8. The van der Waals surface area contributed by atoms with E-state index in [1.807, 2.05) is 39.2 Å². The Hall–Kier alpha value is -2.46. The van der Waals surface area contributed by atoms with E-state index < -0.39 is 0 Å². The van der Waals surface area contributed by atoms with E-state index >= 15 is 0 Å². The SMILES string of the molecule is C.C.C.C.Cc1cccn1C.Cc1ccn(C)c1C.Cc1ccoc1C.Cc1ccsc1C. The van der Waals surface area contributed by atoms with Gasteiger partial charge in [-0.2, -0.15) is 0 Å². The van der Waals surface area contributed by atoms with Crippen LogP contribution in [0.4, 0.5) is 0 Å². The molecular formula is C29H52N2OS. The Bertz CT molecular complexity index is 810. The molecule has 190 valence electrons. The van der Waals surface area contributed by atoms with Gasteiger partial charge in [0.05, 0.1) is 6.26 Å². The zero-order valence-corrected chi connectivity index (χ0v) is 20.2.